The third-order valence-corrected chi connectivity index (χ3v) is 9.85. The molecule has 0 bridgehead atoms. The normalized spacial score (nSPS) is 14.0. The number of aliphatic hydroxyl groups excluding tert-OH is 1. The predicted molar refractivity (Wildman–Crippen MR) is 195 cm³/mol. The zero-order valence-electron chi connectivity index (χ0n) is 30.9. The molecule has 1 aliphatic carbocycles. The van der Waals surface area contributed by atoms with Crippen molar-refractivity contribution in [2.45, 2.75) is 181 Å². The largest absolute Gasteiger partial charge is 0.449 e. The first-order chi connectivity index (χ1) is 22.5. The van der Waals surface area contributed by atoms with Crippen molar-refractivity contribution in [3.8, 4) is 0 Å². The molecule has 0 radical (unpaired) electrons. The minimum absolute atomic E-state index is 0.117. The monoisotopic (exact) mass is 652 g/mol. The Kier molecular flexibility index (Phi) is 29.0. The number of hydrogen-bond donors (Lipinski definition) is 1. The molecule has 0 spiro atoms. The van der Waals surface area contributed by atoms with E-state index in [2.05, 4.69) is 23.6 Å². The van der Waals surface area contributed by atoms with E-state index in [0.717, 1.165) is 97.2 Å². The van der Waals surface area contributed by atoms with Crippen LogP contribution < -0.4 is 0 Å². The number of amides is 1. The lowest BCUT2D eigenvalue weighted by molar-refractivity contribution is -0.117. The molecule has 1 saturated carbocycles. The van der Waals surface area contributed by atoms with Gasteiger partial charge in [-0.15, -0.1) is 0 Å². The summed E-state index contributed by atoms with van der Waals surface area (Å²) < 4.78 is 5.77. The summed E-state index contributed by atoms with van der Waals surface area (Å²) >= 11 is 0. The molecule has 1 N–H and O–H groups in total. The van der Waals surface area contributed by atoms with E-state index in [4.69, 9.17) is 4.74 Å². The van der Waals surface area contributed by atoms with Crippen molar-refractivity contribution >= 4 is 11.9 Å². The average Bonchev–Trinajstić information content (AvgIpc) is 3.06. The Morgan fingerprint density at radius 1 is 0.609 bits per heavy atom. The molecule has 1 rings (SSSR count). The summed E-state index contributed by atoms with van der Waals surface area (Å²) in [5.74, 6) is 0.302. The molecule has 1 amide bonds. The van der Waals surface area contributed by atoms with Gasteiger partial charge in [-0.25, -0.2) is 4.79 Å². The van der Waals surface area contributed by atoms with Gasteiger partial charge in [0.15, 0.2) is 0 Å². The molecule has 7 heteroatoms. The van der Waals surface area contributed by atoms with Crippen LogP contribution in [0.25, 0.3) is 0 Å². The second-order valence-corrected chi connectivity index (χ2v) is 14.1. The van der Waals surface area contributed by atoms with Gasteiger partial charge < -0.3 is 19.5 Å². The molecule has 0 unspecified atom stereocenters. The standard InChI is InChI=1S/C39H77N3O4/c1-4-6-8-10-12-21-30-42(31-22-13-11-9-7-5-2)39(45)46-36-24-16-20-28-40(34-35-43)32-33-41(38-26-18-14-19-27-38)29-23-15-17-25-37(3)44/h38,43H,4-36H2,1-3H3. The van der Waals surface area contributed by atoms with Gasteiger partial charge in [0, 0.05) is 45.2 Å². The van der Waals surface area contributed by atoms with Crippen LogP contribution in [0.4, 0.5) is 4.79 Å². The van der Waals surface area contributed by atoms with Crippen LogP contribution in [0, 0.1) is 0 Å². The zero-order chi connectivity index (χ0) is 33.5. The Bertz CT molecular complexity index is 685. The van der Waals surface area contributed by atoms with Gasteiger partial charge >= 0.3 is 6.09 Å². The van der Waals surface area contributed by atoms with E-state index in [1.807, 2.05) is 4.90 Å². The van der Waals surface area contributed by atoms with E-state index in [0.29, 0.717) is 24.9 Å². The summed E-state index contributed by atoms with van der Waals surface area (Å²) in [6.45, 7) is 13.4. The van der Waals surface area contributed by atoms with Crippen LogP contribution in [0.1, 0.15) is 175 Å². The number of ether oxygens (including phenoxy) is 1. The van der Waals surface area contributed by atoms with Crippen LogP contribution in [-0.4, -0.2) is 96.8 Å². The van der Waals surface area contributed by atoms with Crippen molar-refractivity contribution in [3.05, 3.63) is 0 Å². The zero-order valence-corrected chi connectivity index (χ0v) is 30.9. The number of aliphatic hydroxyl groups is 1. The maximum Gasteiger partial charge on any atom is 0.409 e. The highest BCUT2D eigenvalue weighted by molar-refractivity contribution is 5.75. The van der Waals surface area contributed by atoms with Crippen molar-refractivity contribution in [3.63, 3.8) is 0 Å². The number of rotatable bonds is 32. The third kappa shape index (κ3) is 24.0. The van der Waals surface area contributed by atoms with Crippen LogP contribution >= 0.6 is 0 Å². The topological polar surface area (TPSA) is 73.3 Å². The Morgan fingerprint density at radius 2 is 1.15 bits per heavy atom. The van der Waals surface area contributed by atoms with Gasteiger partial charge in [0.2, 0.25) is 0 Å². The van der Waals surface area contributed by atoms with E-state index in [1.54, 1.807) is 6.92 Å². The fourth-order valence-corrected chi connectivity index (χ4v) is 6.86. The Labute approximate surface area is 285 Å². The minimum Gasteiger partial charge on any atom is -0.449 e. The van der Waals surface area contributed by atoms with E-state index in [9.17, 15) is 14.7 Å². The molecule has 0 aromatic heterocycles. The number of nitrogens with zero attached hydrogens (tertiary/aromatic N) is 3. The number of Topliss-reactive ketones (excluding diaryl/α,β-unsaturated/α-hetero) is 1. The smallest absolute Gasteiger partial charge is 0.409 e. The maximum atomic E-state index is 13.0. The molecule has 0 atom stereocenters. The quantitative estimate of drug-likeness (QED) is 0.0731. The van der Waals surface area contributed by atoms with Crippen LogP contribution in [0.2, 0.25) is 0 Å². The number of carbonyl (C=O) groups is 2. The van der Waals surface area contributed by atoms with Crippen LogP contribution in [-0.2, 0) is 9.53 Å². The van der Waals surface area contributed by atoms with Gasteiger partial charge in [0.05, 0.1) is 13.2 Å². The Morgan fingerprint density at radius 3 is 1.76 bits per heavy atom. The van der Waals surface area contributed by atoms with Crippen molar-refractivity contribution in [1.29, 1.82) is 0 Å². The van der Waals surface area contributed by atoms with Crippen molar-refractivity contribution in [2.24, 2.45) is 0 Å². The van der Waals surface area contributed by atoms with Gasteiger partial charge in [0.1, 0.15) is 5.78 Å². The molecule has 0 saturated heterocycles. The third-order valence-electron chi connectivity index (χ3n) is 9.85. The number of carbonyl (C=O) groups excluding carboxylic acids is 2. The maximum absolute atomic E-state index is 13.0. The van der Waals surface area contributed by atoms with Crippen LogP contribution in [0.15, 0.2) is 0 Å². The van der Waals surface area contributed by atoms with Gasteiger partial charge in [0.25, 0.3) is 0 Å². The fourth-order valence-electron chi connectivity index (χ4n) is 6.86. The second-order valence-electron chi connectivity index (χ2n) is 14.1. The summed E-state index contributed by atoms with van der Waals surface area (Å²) in [6, 6.07) is 0.689. The van der Waals surface area contributed by atoms with E-state index in [1.165, 1.54) is 96.3 Å². The molecular weight excluding hydrogens is 574 g/mol. The summed E-state index contributed by atoms with van der Waals surface area (Å²) in [4.78, 5) is 31.4. The van der Waals surface area contributed by atoms with E-state index < -0.39 is 0 Å². The fraction of sp³-hybridized carbons (Fsp3) is 0.949. The molecular formula is C39H77N3O4. The molecule has 0 aliphatic heterocycles. The molecule has 7 nitrogen and oxygen atoms in total. The lowest BCUT2D eigenvalue weighted by Crippen LogP contribution is -2.43. The first kappa shape index (κ1) is 42.8. The lowest BCUT2D eigenvalue weighted by Gasteiger charge is -2.36. The highest BCUT2D eigenvalue weighted by atomic mass is 16.6. The number of unbranched alkanes of at least 4 members (excludes halogenated alkanes) is 14. The number of ketones is 1. The molecule has 272 valence electrons. The van der Waals surface area contributed by atoms with Gasteiger partial charge in [-0.1, -0.05) is 104 Å². The molecule has 1 aliphatic rings. The second kappa shape index (κ2) is 31.1. The van der Waals surface area contributed by atoms with E-state index >= 15 is 0 Å². The van der Waals surface area contributed by atoms with Crippen molar-refractivity contribution in [1.82, 2.24) is 14.7 Å². The first-order valence-electron chi connectivity index (χ1n) is 20.0. The van der Waals surface area contributed by atoms with Gasteiger partial charge in [-0.3, -0.25) is 9.80 Å². The summed E-state index contributed by atoms with van der Waals surface area (Å²) in [6.07, 6.45) is 28.4. The van der Waals surface area contributed by atoms with Crippen molar-refractivity contribution < 1.29 is 19.4 Å². The van der Waals surface area contributed by atoms with E-state index in [-0.39, 0.29) is 12.7 Å². The highest BCUT2D eigenvalue weighted by Crippen LogP contribution is 2.23. The van der Waals surface area contributed by atoms with Crippen LogP contribution in [0.3, 0.4) is 0 Å². The van der Waals surface area contributed by atoms with Crippen molar-refractivity contribution in [2.75, 3.05) is 59.0 Å². The average molecular weight is 652 g/mol. The Balaban J connectivity index is 2.40. The lowest BCUT2D eigenvalue weighted by atomic mass is 9.94. The molecule has 1 fully saturated rings. The molecule has 0 aromatic carbocycles. The Hall–Kier alpha value is -1.18. The highest BCUT2D eigenvalue weighted by Gasteiger charge is 2.21. The molecule has 46 heavy (non-hydrogen) atoms. The summed E-state index contributed by atoms with van der Waals surface area (Å²) in [5, 5.41) is 9.74. The summed E-state index contributed by atoms with van der Waals surface area (Å²) in [5.41, 5.74) is 0. The minimum atomic E-state index is -0.117. The molecule has 0 heterocycles. The van der Waals surface area contributed by atoms with Gasteiger partial charge in [-0.2, -0.15) is 0 Å². The van der Waals surface area contributed by atoms with Gasteiger partial charge in [-0.05, 0) is 77.8 Å². The predicted octanol–water partition coefficient (Wildman–Crippen LogP) is 9.39. The SMILES string of the molecule is CCCCCCCCN(CCCCCCCC)C(=O)OCCCCCN(CCO)CCN(CCCCCC(C)=O)C1CCCCC1. The molecule has 0 aromatic rings. The first-order valence-corrected chi connectivity index (χ1v) is 20.0. The van der Waals surface area contributed by atoms with Crippen LogP contribution in [0.5, 0.6) is 0 Å². The summed E-state index contributed by atoms with van der Waals surface area (Å²) in [7, 11) is 0. The number of hydrogen-bond acceptors (Lipinski definition) is 6.